The summed E-state index contributed by atoms with van der Waals surface area (Å²) in [5.41, 5.74) is 1.80. The number of nitrogens with one attached hydrogen (secondary N) is 1. The van der Waals surface area contributed by atoms with Crippen LogP contribution in [0.3, 0.4) is 0 Å². The van der Waals surface area contributed by atoms with Crippen molar-refractivity contribution in [1.82, 2.24) is 10.2 Å². The first-order valence-electron chi connectivity index (χ1n) is 9.15. The molecule has 1 heterocycles. The number of amides is 1. The molecule has 1 unspecified atom stereocenters. The van der Waals surface area contributed by atoms with Crippen LogP contribution in [0.4, 0.5) is 0 Å². The molecule has 25 heavy (non-hydrogen) atoms. The zero-order valence-corrected chi connectivity index (χ0v) is 15.6. The standard InChI is InChI=1S/C20H30N2O3/c1-15(2)18(22-10-12-25-13-11-22)14-21-20(24)9-8-19(23)17-6-4-16(3)5-7-17/h4-7,15,18H,8-14H2,1-3H3,(H,21,24). The SMILES string of the molecule is Cc1ccc(C(=O)CCC(=O)NCC(C(C)C)N2CCOCC2)cc1. The van der Waals surface area contributed by atoms with Crippen LogP contribution >= 0.6 is 0 Å². The third-order valence-corrected chi connectivity index (χ3v) is 4.75. The fourth-order valence-corrected chi connectivity index (χ4v) is 3.11. The van der Waals surface area contributed by atoms with Crippen molar-refractivity contribution >= 4 is 11.7 Å². The summed E-state index contributed by atoms with van der Waals surface area (Å²) in [4.78, 5) is 26.7. The van der Waals surface area contributed by atoms with E-state index in [-0.39, 0.29) is 24.5 Å². The first-order chi connectivity index (χ1) is 12.0. The smallest absolute Gasteiger partial charge is 0.220 e. The summed E-state index contributed by atoms with van der Waals surface area (Å²) in [5, 5.41) is 3.00. The Hall–Kier alpha value is -1.72. The zero-order valence-electron chi connectivity index (χ0n) is 15.6. The number of ketones is 1. The van der Waals surface area contributed by atoms with Crippen molar-refractivity contribution in [2.45, 2.75) is 39.7 Å². The fourth-order valence-electron chi connectivity index (χ4n) is 3.11. The molecule has 138 valence electrons. The van der Waals surface area contributed by atoms with Crippen LogP contribution in [0.25, 0.3) is 0 Å². The minimum absolute atomic E-state index is 0.0174. The highest BCUT2D eigenvalue weighted by atomic mass is 16.5. The van der Waals surface area contributed by atoms with Gasteiger partial charge in [-0.1, -0.05) is 43.7 Å². The second-order valence-electron chi connectivity index (χ2n) is 7.05. The van der Waals surface area contributed by atoms with Crippen molar-refractivity contribution in [1.29, 1.82) is 0 Å². The van der Waals surface area contributed by atoms with Gasteiger partial charge in [0.2, 0.25) is 5.91 Å². The number of hydrogen-bond donors (Lipinski definition) is 1. The molecule has 5 heteroatoms. The predicted molar refractivity (Wildman–Crippen MR) is 98.8 cm³/mol. The Morgan fingerprint density at radius 2 is 1.76 bits per heavy atom. The first kappa shape index (κ1) is 19.6. The molecule has 1 saturated heterocycles. The molecule has 0 spiro atoms. The van der Waals surface area contributed by atoms with E-state index < -0.39 is 0 Å². The number of hydrogen-bond acceptors (Lipinski definition) is 4. The van der Waals surface area contributed by atoms with E-state index in [1.807, 2.05) is 31.2 Å². The summed E-state index contributed by atoms with van der Waals surface area (Å²) < 4.78 is 5.40. The predicted octanol–water partition coefficient (Wildman–Crippen LogP) is 2.43. The number of aryl methyl sites for hydroxylation is 1. The third kappa shape index (κ3) is 6.25. The molecule has 1 aliphatic heterocycles. The van der Waals surface area contributed by atoms with Gasteiger partial charge in [-0.15, -0.1) is 0 Å². The van der Waals surface area contributed by atoms with Gasteiger partial charge in [0.1, 0.15) is 0 Å². The van der Waals surface area contributed by atoms with Crippen LogP contribution in [0.1, 0.15) is 42.6 Å². The molecule has 0 saturated carbocycles. The van der Waals surface area contributed by atoms with Crippen molar-refractivity contribution in [2.24, 2.45) is 5.92 Å². The van der Waals surface area contributed by atoms with Gasteiger partial charge in [-0.05, 0) is 12.8 Å². The maximum Gasteiger partial charge on any atom is 0.220 e. The minimum atomic E-state index is -0.0561. The lowest BCUT2D eigenvalue weighted by atomic mass is 10.0. The van der Waals surface area contributed by atoms with E-state index in [9.17, 15) is 9.59 Å². The highest BCUT2D eigenvalue weighted by molar-refractivity contribution is 5.97. The molecule has 1 fully saturated rings. The summed E-state index contributed by atoms with van der Waals surface area (Å²) in [6.45, 7) is 10.3. The second-order valence-corrected chi connectivity index (χ2v) is 7.05. The average Bonchev–Trinajstić information content (AvgIpc) is 2.61. The number of carbonyl (C=O) groups excluding carboxylic acids is 2. The largest absolute Gasteiger partial charge is 0.379 e. The number of carbonyl (C=O) groups is 2. The second kappa shape index (κ2) is 9.68. The quantitative estimate of drug-likeness (QED) is 0.735. The summed E-state index contributed by atoms with van der Waals surface area (Å²) >= 11 is 0. The molecule has 0 aliphatic carbocycles. The van der Waals surface area contributed by atoms with E-state index >= 15 is 0 Å². The van der Waals surface area contributed by atoms with Crippen LogP contribution in [-0.4, -0.2) is 55.5 Å². The Bertz CT molecular complexity index is 563. The maximum absolute atomic E-state index is 12.2. The minimum Gasteiger partial charge on any atom is -0.379 e. The van der Waals surface area contributed by atoms with Gasteiger partial charge < -0.3 is 10.1 Å². The van der Waals surface area contributed by atoms with Crippen LogP contribution < -0.4 is 5.32 Å². The van der Waals surface area contributed by atoms with Crippen LogP contribution in [0.2, 0.25) is 0 Å². The molecule has 1 aromatic carbocycles. The topological polar surface area (TPSA) is 58.6 Å². The van der Waals surface area contributed by atoms with E-state index in [4.69, 9.17) is 4.74 Å². The van der Waals surface area contributed by atoms with Crippen molar-refractivity contribution in [3.63, 3.8) is 0 Å². The van der Waals surface area contributed by atoms with Gasteiger partial charge in [-0.2, -0.15) is 0 Å². The molecule has 0 aromatic heterocycles. The van der Waals surface area contributed by atoms with Crippen molar-refractivity contribution < 1.29 is 14.3 Å². The van der Waals surface area contributed by atoms with E-state index in [1.165, 1.54) is 0 Å². The summed E-state index contributed by atoms with van der Waals surface area (Å²) in [6.07, 6.45) is 0.486. The van der Waals surface area contributed by atoms with Gasteiger partial charge in [-0.3, -0.25) is 14.5 Å². The number of Topliss-reactive ketones (excluding diaryl/α,β-unsaturated/α-hetero) is 1. The van der Waals surface area contributed by atoms with Crippen molar-refractivity contribution in [2.75, 3.05) is 32.8 Å². The maximum atomic E-state index is 12.2. The van der Waals surface area contributed by atoms with Gasteiger partial charge in [-0.25, -0.2) is 0 Å². The molecule has 2 rings (SSSR count). The molecule has 1 amide bonds. The van der Waals surface area contributed by atoms with Gasteiger partial charge in [0.25, 0.3) is 0 Å². The molecular formula is C20H30N2O3. The average molecular weight is 346 g/mol. The molecule has 0 radical (unpaired) electrons. The number of ether oxygens (including phenoxy) is 1. The molecule has 1 N–H and O–H groups in total. The van der Waals surface area contributed by atoms with Crippen LogP contribution in [0, 0.1) is 12.8 Å². The summed E-state index contributed by atoms with van der Waals surface area (Å²) in [7, 11) is 0. The molecule has 0 bridgehead atoms. The number of morpholine rings is 1. The van der Waals surface area contributed by atoms with E-state index in [0.29, 0.717) is 24.1 Å². The fraction of sp³-hybridized carbons (Fsp3) is 0.600. The molecule has 5 nitrogen and oxygen atoms in total. The zero-order chi connectivity index (χ0) is 18.2. The highest BCUT2D eigenvalue weighted by Gasteiger charge is 2.24. The number of rotatable bonds is 8. The Labute approximate surface area is 150 Å². The molecule has 1 aliphatic rings. The lowest BCUT2D eigenvalue weighted by molar-refractivity contribution is -0.121. The normalized spacial score (nSPS) is 16.6. The highest BCUT2D eigenvalue weighted by Crippen LogP contribution is 2.12. The molecule has 1 atom stereocenters. The van der Waals surface area contributed by atoms with Gasteiger partial charge in [0, 0.05) is 44.1 Å². The monoisotopic (exact) mass is 346 g/mol. The van der Waals surface area contributed by atoms with Gasteiger partial charge >= 0.3 is 0 Å². The van der Waals surface area contributed by atoms with Crippen LogP contribution in [0.5, 0.6) is 0 Å². The van der Waals surface area contributed by atoms with Gasteiger partial charge in [0.15, 0.2) is 5.78 Å². The lowest BCUT2D eigenvalue weighted by Crippen LogP contribution is -2.51. The Balaban J connectivity index is 1.76. The van der Waals surface area contributed by atoms with Crippen LogP contribution in [0.15, 0.2) is 24.3 Å². The van der Waals surface area contributed by atoms with E-state index in [2.05, 4.69) is 24.1 Å². The van der Waals surface area contributed by atoms with E-state index in [0.717, 1.165) is 31.9 Å². The Morgan fingerprint density at radius 1 is 1.12 bits per heavy atom. The van der Waals surface area contributed by atoms with E-state index in [1.54, 1.807) is 0 Å². The summed E-state index contributed by atoms with van der Waals surface area (Å²) in [5.74, 6) is 0.413. The van der Waals surface area contributed by atoms with Crippen molar-refractivity contribution in [3.05, 3.63) is 35.4 Å². The Morgan fingerprint density at radius 3 is 2.36 bits per heavy atom. The first-order valence-corrected chi connectivity index (χ1v) is 9.15. The van der Waals surface area contributed by atoms with Gasteiger partial charge in [0.05, 0.1) is 13.2 Å². The molecule has 1 aromatic rings. The third-order valence-electron chi connectivity index (χ3n) is 4.75. The number of nitrogens with zero attached hydrogens (tertiary/aromatic N) is 1. The summed E-state index contributed by atoms with van der Waals surface area (Å²) in [6, 6.07) is 7.79. The van der Waals surface area contributed by atoms with Crippen molar-refractivity contribution in [3.8, 4) is 0 Å². The van der Waals surface area contributed by atoms with Crippen LogP contribution in [-0.2, 0) is 9.53 Å². The lowest BCUT2D eigenvalue weighted by Gasteiger charge is -2.36. The number of benzene rings is 1. The molecular weight excluding hydrogens is 316 g/mol. The Kier molecular flexibility index (Phi) is 7.59.